The molecule has 1 aromatic rings. The zero-order chi connectivity index (χ0) is 14.7. The maximum absolute atomic E-state index is 12.4. The molecule has 21 heavy (non-hydrogen) atoms. The second-order valence-corrected chi connectivity index (χ2v) is 6.05. The van der Waals surface area contributed by atoms with E-state index in [1.807, 2.05) is 11.1 Å². The summed E-state index contributed by atoms with van der Waals surface area (Å²) >= 11 is 0. The molecule has 5 nitrogen and oxygen atoms in total. The fraction of sp³-hybridized carbons (Fsp3) is 0.688. The molecule has 0 spiro atoms. The third-order valence-electron chi connectivity index (χ3n) is 4.58. The van der Waals surface area contributed by atoms with Crippen LogP contribution in [-0.2, 0) is 9.53 Å². The number of aromatic nitrogens is 2. The Kier molecular flexibility index (Phi) is 4.48. The number of amides is 1. The van der Waals surface area contributed by atoms with Crippen molar-refractivity contribution in [3.8, 4) is 0 Å². The average Bonchev–Trinajstić information content (AvgIpc) is 2.56. The first kappa shape index (κ1) is 14.4. The molecule has 0 aromatic carbocycles. The van der Waals surface area contributed by atoms with Crippen molar-refractivity contribution in [2.45, 2.75) is 51.0 Å². The summed E-state index contributed by atoms with van der Waals surface area (Å²) in [5.41, 5.74) is 2.30. The van der Waals surface area contributed by atoms with Crippen LogP contribution in [0.4, 0.5) is 0 Å². The Hall–Kier alpha value is -1.49. The van der Waals surface area contributed by atoms with E-state index in [1.54, 1.807) is 6.33 Å². The van der Waals surface area contributed by atoms with Gasteiger partial charge in [-0.3, -0.25) is 4.79 Å². The molecule has 1 aromatic heterocycles. The predicted molar refractivity (Wildman–Crippen MR) is 78.9 cm³/mol. The van der Waals surface area contributed by atoms with Crippen LogP contribution in [0.1, 0.15) is 49.3 Å². The van der Waals surface area contributed by atoms with Gasteiger partial charge in [-0.1, -0.05) is 0 Å². The summed E-state index contributed by atoms with van der Waals surface area (Å²) in [7, 11) is 0. The molecule has 3 rings (SSSR count). The SMILES string of the molecule is Cc1cncnc1C1CCN(C(=O)[C@@H]2CCCCO2)CC1. The van der Waals surface area contributed by atoms with Crippen molar-refractivity contribution >= 4 is 5.91 Å². The molecule has 114 valence electrons. The largest absolute Gasteiger partial charge is 0.368 e. The molecule has 5 heteroatoms. The van der Waals surface area contributed by atoms with Gasteiger partial charge in [-0.15, -0.1) is 0 Å². The van der Waals surface area contributed by atoms with Gasteiger partial charge in [0.15, 0.2) is 0 Å². The zero-order valence-electron chi connectivity index (χ0n) is 12.6. The normalized spacial score (nSPS) is 24.0. The van der Waals surface area contributed by atoms with Crippen molar-refractivity contribution in [3.05, 3.63) is 23.8 Å². The van der Waals surface area contributed by atoms with E-state index in [1.165, 1.54) is 0 Å². The molecule has 1 atom stereocenters. The second-order valence-electron chi connectivity index (χ2n) is 6.05. The zero-order valence-corrected chi connectivity index (χ0v) is 12.6. The molecule has 0 unspecified atom stereocenters. The number of rotatable bonds is 2. The minimum Gasteiger partial charge on any atom is -0.368 e. The van der Waals surface area contributed by atoms with Crippen LogP contribution in [0.3, 0.4) is 0 Å². The van der Waals surface area contributed by atoms with E-state index >= 15 is 0 Å². The lowest BCUT2D eigenvalue weighted by atomic mass is 9.91. The molecule has 0 aliphatic carbocycles. The van der Waals surface area contributed by atoms with Crippen LogP contribution in [0.2, 0.25) is 0 Å². The van der Waals surface area contributed by atoms with E-state index < -0.39 is 0 Å². The summed E-state index contributed by atoms with van der Waals surface area (Å²) in [4.78, 5) is 22.9. The Morgan fingerprint density at radius 2 is 2.10 bits per heavy atom. The number of nitrogens with zero attached hydrogens (tertiary/aromatic N) is 3. The highest BCUT2D eigenvalue weighted by molar-refractivity contribution is 5.81. The maximum Gasteiger partial charge on any atom is 0.251 e. The van der Waals surface area contributed by atoms with Gasteiger partial charge in [-0.05, 0) is 44.6 Å². The summed E-state index contributed by atoms with van der Waals surface area (Å²) in [5, 5.41) is 0. The number of aryl methyl sites for hydroxylation is 1. The van der Waals surface area contributed by atoms with Gasteiger partial charge in [-0.2, -0.15) is 0 Å². The first-order valence-electron chi connectivity index (χ1n) is 7.92. The molecule has 2 aliphatic heterocycles. The highest BCUT2D eigenvalue weighted by Gasteiger charge is 2.30. The number of likely N-dealkylation sites (tertiary alicyclic amines) is 1. The van der Waals surface area contributed by atoms with E-state index in [0.29, 0.717) is 5.92 Å². The van der Waals surface area contributed by atoms with Gasteiger partial charge in [0, 0.05) is 37.5 Å². The van der Waals surface area contributed by atoms with Crippen LogP contribution in [0.5, 0.6) is 0 Å². The summed E-state index contributed by atoms with van der Waals surface area (Å²) in [5.74, 6) is 0.636. The number of hydrogen-bond acceptors (Lipinski definition) is 4. The lowest BCUT2D eigenvalue weighted by Crippen LogP contribution is -2.45. The van der Waals surface area contributed by atoms with Crippen molar-refractivity contribution in [2.75, 3.05) is 19.7 Å². The van der Waals surface area contributed by atoms with Crippen molar-refractivity contribution in [3.63, 3.8) is 0 Å². The number of hydrogen-bond donors (Lipinski definition) is 0. The predicted octanol–water partition coefficient (Wildman–Crippen LogP) is 2.06. The van der Waals surface area contributed by atoms with Crippen molar-refractivity contribution in [1.82, 2.24) is 14.9 Å². The Morgan fingerprint density at radius 3 is 2.76 bits per heavy atom. The van der Waals surface area contributed by atoms with Gasteiger partial charge in [0.1, 0.15) is 12.4 Å². The fourth-order valence-electron chi connectivity index (χ4n) is 3.35. The monoisotopic (exact) mass is 289 g/mol. The fourth-order valence-corrected chi connectivity index (χ4v) is 3.35. The Labute approximate surface area is 125 Å². The van der Waals surface area contributed by atoms with Gasteiger partial charge in [-0.25, -0.2) is 9.97 Å². The summed E-state index contributed by atoms with van der Waals surface area (Å²) in [6.45, 7) is 4.41. The topological polar surface area (TPSA) is 55.3 Å². The number of ether oxygens (including phenoxy) is 1. The molecule has 1 amide bonds. The van der Waals surface area contributed by atoms with Crippen LogP contribution in [0, 0.1) is 6.92 Å². The highest BCUT2D eigenvalue weighted by Crippen LogP contribution is 2.29. The molecule has 0 bridgehead atoms. The lowest BCUT2D eigenvalue weighted by molar-refractivity contribution is -0.147. The van der Waals surface area contributed by atoms with Gasteiger partial charge >= 0.3 is 0 Å². The van der Waals surface area contributed by atoms with Crippen molar-refractivity contribution in [2.24, 2.45) is 0 Å². The van der Waals surface area contributed by atoms with Gasteiger partial charge in [0.2, 0.25) is 0 Å². The summed E-state index contributed by atoms with van der Waals surface area (Å²) in [6.07, 6.45) is 8.32. The number of carbonyl (C=O) groups is 1. The quantitative estimate of drug-likeness (QED) is 0.836. The standard InChI is InChI=1S/C16H23N3O2/c1-12-10-17-11-18-15(12)13-5-7-19(8-6-13)16(20)14-4-2-3-9-21-14/h10-11,13-14H,2-9H2,1H3/t14-/m0/s1. The molecular weight excluding hydrogens is 266 g/mol. The highest BCUT2D eigenvalue weighted by atomic mass is 16.5. The molecule has 0 radical (unpaired) electrons. The molecule has 2 fully saturated rings. The molecular formula is C16H23N3O2. The Bertz CT molecular complexity index is 492. The number of carbonyl (C=O) groups excluding carboxylic acids is 1. The van der Waals surface area contributed by atoms with Crippen molar-refractivity contribution < 1.29 is 9.53 Å². The van der Waals surface area contributed by atoms with Crippen LogP contribution >= 0.6 is 0 Å². The smallest absolute Gasteiger partial charge is 0.251 e. The Morgan fingerprint density at radius 1 is 1.29 bits per heavy atom. The number of piperidine rings is 1. The molecule has 3 heterocycles. The van der Waals surface area contributed by atoms with E-state index in [4.69, 9.17) is 4.74 Å². The van der Waals surface area contributed by atoms with E-state index in [9.17, 15) is 4.79 Å². The first-order valence-corrected chi connectivity index (χ1v) is 7.92. The van der Waals surface area contributed by atoms with Crippen LogP contribution in [0.25, 0.3) is 0 Å². The van der Waals surface area contributed by atoms with Crippen LogP contribution in [-0.4, -0.2) is 46.6 Å². The van der Waals surface area contributed by atoms with Gasteiger partial charge in [0.25, 0.3) is 5.91 Å². The summed E-state index contributed by atoms with van der Waals surface area (Å²) < 4.78 is 5.61. The van der Waals surface area contributed by atoms with Crippen molar-refractivity contribution in [1.29, 1.82) is 0 Å². The molecule has 0 N–H and O–H groups in total. The molecule has 2 saturated heterocycles. The Balaban J connectivity index is 1.57. The average molecular weight is 289 g/mol. The molecule has 2 aliphatic rings. The van der Waals surface area contributed by atoms with Gasteiger partial charge < -0.3 is 9.64 Å². The minimum atomic E-state index is -0.198. The third kappa shape index (κ3) is 3.23. The van der Waals surface area contributed by atoms with Gasteiger partial charge in [0.05, 0.1) is 0 Å². The van der Waals surface area contributed by atoms with E-state index in [0.717, 1.165) is 63.1 Å². The van der Waals surface area contributed by atoms with E-state index in [2.05, 4.69) is 16.9 Å². The minimum absolute atomic E-state index is 0.188. The van der Waals surface area contributed by atoms with Crippen LogP contribution < -0.4 is 0 Å². The summed E-state index contributed by atoms with van der Waals surface area (Å²) in [6, 6.07) is 0. The third-order valence-corrected chi connectivity index (χ3v) is 4.58. The maximum atomic E-state index is 12.4. The molecule has 0 saturated carbocycles. The van der Waals surface area contributed by atoms with Crippen LogP contribution in [0.15, 0.2) is 12.5 Å². The first-order chi connectivity index (χ1) is 10.3. The second kappa shape index (κ2) is 6.52. The lowest BCUT2D eigenvalue weighted by Gasteiger charge is -2.35. The van der Waals surface area contributed by atoms with E-state index in [-0.39, 0.29) is 12.0 Å².